The molecular weight excluding hydrogens is 299 g/mol. The Morgan fingerprint density at radius 2 is 1.67 bits per heavy atom. The Balaban J connectivity index is 2.56. The molecule has 0 aliphatic carbocycles. The van der Waals surface area contributed by atoms with Gasteiger partial charge in [0.25, 0.3) is 0 Å². The van der Waals surface area contributed by atoms with Crippen molar-refractivity contribution in [1.29, 1.82) is 0 Å². The topological polar surface area (TPSA) is 24.7 Å². The van der Waals surface area contributed by atoms with Crippen LogP contribution < -0.4 is 0 Å². The molecular formula is C21H23FN2. The molecule has 0 aliphatic rings. The highest BCUT2D eigenvalue weighted by molar-refractivity contribution is 6.32. The monoisotopic (exact) mass is 322 g/mol. The van der Waals surface area contributed by atoms with Gasteiger partial charge in [0.1, 0.15) is 5.82 Å². The van der Waals surface area contributed by atoms with Crippen molar-refractivity contribution in [1.82, 2.24) is 0 Å². The summed E-state index contributed by atoms with van der Waals surface area (Å²) in [6.07, 6.45) is 0. The van der Waals surface area contributed by atoms with Crippen LogP contribution in [0.5, 0.6) is 0 Å². The zero-order valence-electron chi connectivity index (χ0n) is 14.7. The van der Waals surface area contributed by atoms with Crippen LogP contribution in [0.2, 0.25) is 0 Å². The van der Waals surface area contributed by atoms with Gasteiger partial charge in [0.2, 0.25) is 0 Å². The molecule has 0 spiro atoms. The first-order chi connectivity index (χ1) is 11.5. The van der Waals surface area contributed by atoms with Crippen LogP contribution in [0.15, 0.2) is 59.0 Å². The Morgan fingerprint density at radius 1 is 1.04 bits per heavy atom. The summed E-state index contributed by atoms with van der Waals surface area (Å²) < 4.78 is 14.5. The van der Waals surface area contributed by atoms with E-state index >= 15 is 0 Å². The zero-order valence-corrected chi connectivity index (χ0v) is 14.7. The predicted octanol–water partition coefficient (Wildman–Crippen LogP) is 5.10. The first-order valence-corrected chi connectivity index (χ1v) is 8.03. The van der Waals surface area contributed by atoms with Gasteiger partial charge in [-0.15, -0.1) is 0 Å². The van der Waals surface area contributed by atoms with Gasteiger partial charge in [0.05, 0.1) is 5.71 Å². The largest absolute Gasteiger partial charge is 0.290 e. The number of hydrogen-bond donors (Lipinski definition) is 0. The number of rotatable bonds is 5. The van der Waals surface area contributed by atoms with Gasteiger partial charge < -0.3 is 0 Å². The molecule has 0 bridgehead atoms. The zero-order chi connectivity index (χ0) is 17.7. The van der Waals surface area contributed by atoms with Crippen LogP contribution in [0.25, 0.3) is 5.57 Å². The van der Waals surface area contributed by atoms with Gasteiger partial charge in [-0.25, -0.2) is 4.39 Å². The minimum Gasteiger partial charge on any atom is -0.290 e. The molecule has 2 aromatic carbocycles. The Labute approximate surface area is 143 Å². The summed E-state index contributed by atoms with van der Waals surface area (Å²) in [5.41, 5.74) is 5.19. The maximum Gasteiger partial charge on any atom is 0.135 e. The lowest BCUT2D eigenvalue weighted by atomic mass is 9.91. The SMILES string of the molecule is C=C(/C(=N\C)c1cccc(C)c1F)c1ccccc1/C(C)=N/CC. The van der Waals surface area contributed by atoms with Crippen molar-refractivity contribution < 1.29 is 4.39 Å². The Bertz CT molecular complexity index is 816. The second-order valence-corrected chi connectivity index (χ2v) is 5.59. The molecule has 0 aromatic heterocycles. The summed E-state index contributed by atoms with van der Waals surface area (Å²) in [6, 6.07) is 13.2. The summed E-state index contributed by atoms with van der Waals surface area (Å²) in [5, 5.41) is 0. The number of benzene rings is 2. The molecule has 24 heavy (non-hydrogen) atoms. The van der Waals surface area contributed by atoms with E-state index in [1.807, 2.05) is 44.2 Å². The molecule has 0 saturated heterocycles. The smallest absolute Gasteiger partial charge is 0.135 e. The molecule has 0 N–H and O–H groups in total. The van der Waals surface area contributed by atoms with Gasteiger partial charge >= 0.3 is 0 Å². The number of hydrogen-bond acceptors (Lipinski definition) is 2. The summed E-state index contributed by atoms with van der Waals surface area (Å²) >= 11 is 0. The number of aliphatic imine (C=N–C) groups is 2. The normalized spacial score (nSPS) is 12.4. The van der Waals surface area contributed by atoms with Gasteiger partial charge in [-0.2, -0.15) is 0 Å². The van der Waals surface area contributed by atoms with Crippen LogP contribution >= 0.6 is 0 Å². The molecule has 124 valence electrons. The molecule has 2 rings (SSSR count). The number of aryl methyl sites for hydroxylation is 1. The van der Waals surface area contributed by atoms with Crippen LogP contribution in [0.1, 0.15) is 36.1 Å². The van der Waals surface area contributed by atoms with Crippen molar-refractivity contribution in [2.45, 2.75) is 20.8 Å². The van der Waals surface area contributed by atoms with Crippen molar-refractivity contribution in [2.75, 3.05) is 13.6 Å². The first-order valence-electron chi connectivity index (χ1n) is 8.03. The molecule has 0 saturated carbocycles. The molecule has 2 nitrogen and oxygen atoms in total. The van der Waals surface area contributed by atoms with Gasteiger partial charge in [-0.1, -0.05) is 43.0 Å². The van der Waals surface area contributed by atoms with Crippen LogP contribution in [0.4, 0.5) is 4.39 Å². The highest BCUT2D eigenvalue weighted by Crippen LogP contribution is 2.25. The molecule has 3 heteroatoms. The van der Waals surface area contributed by atoms with E-state index in [1.165, 1.54) is 0 Å². The fraction of sp³-hybridized carbons (Fsp3) is 0.238. The second kappa shape index (κ2) is 7.82. The van der Waals surface area contributed by atoms with E-state index in [2.05, 4.69) is 16.6 Å². The Kier molecular flexibility index (Phi) is 5.80. The summed E-state index contributed by atoms with van der Waals surface area (Å²) in [5.74, 6) is -0.254. The summed E-state index contributed by atoms with van der Waals surface area (Å²) in [7, 11) is 1.66. The fourth-order valence-corrected chi connectivity index (χ4v) is 2.76. The molecule has 0 atom stereocenters. The van der Waals surface area contributed by atoms with Crippen molar-refractivity contribution >= 4 is 17.0 Å². The lowest BCUT2D eigenvalue weighted by Crippen LogP contribution is -2.10. The third-order valence-corrected chi connectivity index (χ3v) is 3.99. The van der Waals surface area contributed by atoms with E-state index in [1.54, 1.807) is 26.1 Å². The lowest BCUT2D eigenvalue weighted by Gasteiger charge is -2.15. The number of nitrogens with zero attached hydrogens (tertiary/aromatic N) is 2. The van der Waals surface area contributed by atoms with Crippen LogP contribution in [-0.2, 0) is 0 Å². The van der Waals surface area contributed by atoms with Crippen LogP contribution in [0.3, 0.4) is 0 Å². The maximum atomic E-state index is 14.5. The van der Waals surface area contributed by atoms with E-state index in [9.17, 15) is 4.39 Å². The molecule has 0 amide bonds. The van der Waals surface area contributed by atoms with Crippen molar-refractivity contribution in [3.8, 4) is 0 Å². The van der Waals surface area contributed by atoms with E-state index in [-0.39, 0.29) is 5.82 Å². The third-order valence-electron chi connectivity index (χ3n) is 3.99. The fourth-order valence-electron chi connectivity index (χ4n) is 2.76. The minimum atomic E-state index is -0.254. The van der Waals surface area contributed by atoms with Crippen LogP contribution in [0, 0.1) is 12.7 Å². The lowest BCUT2D eigenvalue weighted by molar-refractivity contribution is 0.616. The quantitative estimate of drug-likeness (QED) is 0.685. The second-order valence-electron chi connectivity index (χ2n) is 5.59. The third kappa shape index (κ3) is 3.51. The Morgan fingerprint density at radius 3 is 2.29 bits per heavy atom. The van der Waals surface area contributed by atoms with Crippen LogP contribution in [-0.4, -0.2) is 25.0 Å². The van der Waals surface area contributed by atoms with Gasteiger partial charge in [-0.05, 0) is 38.0 Å². The minimum absolute atomic E-state index is 0.254. The Hall–Kier alpha value is -2.55. The number of allylic oxidation sites excluding steroid dienone is 1. The standard InChI is InChI=1S/C21H23FN2/c1-6-24-16(4)18-12-8-7-11-17(18)15(3)21(23-5)19-13-9-10-14(2)20(19)22/h7-13H,3,6H2,1-2,4-5H3/b23-21+,24-16+. The predicted molar refractivity (Wildman–Crippen MR) is 102 cm³/mol. The van der Waals surface area contributed by atoms with Crippen molar-refractivity contribution in [2.24, 2.45) is 9.98 Å². The molecule has 0 heterocycles. The summed E-state index contributed by atoms with van der Waals surface area (Å²) in [4.78, 5) is 8.81. The highest BCUT2D eigenvalue weighted by Gasteiger charge is 2.17. The molecule has 2 aromatic rings. The average molecular weight is 322 g/mol. The van der Waals surface area contributed by atoms with Crippen molar-refractivity contribution in [3.05, 3.63) is 77.1 Å². The van der Waals surface area contributed by atoms with Gasteiger partial charge in [0.15, 0.2) is 0 Å². The molecule has 0 aliphatic heterocycles. The first kappa shape index (κ1) is 17.8. The van der Waals surface area contributed by atoms with Crippen molar-refractivity contribution in [3.63, 3.8) is 0 Å². The van der Waals surface area contributed by atoms with Gasteiger partial charge in [-0.3, -0.25) is 9.98 Å². The molecule has 0 fully saturated rings. The van der Waals surface area contributed by atoms with E-state index in [0.717, 1.165) is 16.8 Å². The average Bonchev–Trinajstić information content (AvgIpc) is 2.59. The molecule has 0 radical (unpaired) electrons. The van der Waals surface area contributed by atoms with E-state index < -0.39 is 0 Å². The van der Waals surface area contributed by atoms with E-state index in [4.69, 9.17) is 0 Å². The number of halogens is 1. The summed E-state index contributed by atoms with van der Waals surface area (Å²) in [6.45, 7) is 10.6. The van der Waals surface area contributed by atoms with Gasteiger partial charge in [0, 0.05) is 36.0 Å². The van der Waals surface area contributed by atoms with E-state index in [0.29, 0.717) is 29.0 Å². The molecule has 0 unspecified atom stereocenters. The highest BCUT2D eigenvalue weighted by atomic mass is 19.1. The maximum absolute atomic E-state index is 14.5.